The van der Waals surface area contributed by atoms with Gasteiger partial charge >= 0.3 is 5.25 Å². The van der Waals surface area contributed by atoms with Crippen LogP contribution < -0.4 is 0 Å². The molecule has 0 atom stereocenters. The van der Waals surface area contributed by atoms with Crippen molar-refractivity contribution in [2.75, 3.05) is 0 Å². The Kier molecular flexibility index (Phi) is 4.19. The van der Waals surface area contributed by atoms with E-state index in [9.17, 15) is 8.78 Å². The van der Waals surface area contributed by atoms with Gasteiger partial charge < -0.3 is 0 Å². The molecule has 0 nitrogen and oxygen atoms in total. The molecule has 0 unspecified atom stereocenters. The van der Waals surface area contributed by atoms with Crippen LogP contribution in [0.4, 0.5) is 8.78 Å². The molecule has 0 aliphatic carbocycles. The van der Waals surface area contributed by atoms with E-state index in [1.807, 2.05) is 6.92 Å². The van der Waals surface area contributed by atoms with Gasteiger partial charge in [0.2, 0.25) is 0 Å². The fourth-order valence-electron chi connectivity index (χ4n) is 0.581. The molecule has 0 aromatic carbocycles. The van der Waals surface area contributed by atoms with Gasteiger partial charge in [-0.15, -0.1) is 0 Å². The highest BCUT2D eigenvalue weighted by Crippen LogP contribution is 2.24. The van der Waals surface area contributed by atoms with Crippen LogP contribution in [0.5, 0.6) is 0 Å². The van der Waals surface area contributed by atoms with Crippen molar-refractivity contribution in [3.05, 3.63) is 0 Å². The van der Waals surface area contributed by atoms with E-state index < -0.39 is 5.25 Å². The highest BCUT2D eigenvalue weighted by Gasteiger charge is 2.21. The molecule has 0 bridgehead atoms. The maximum atomic E-state index is 11.9. The largest absolute Gasteiger partial charge is 0.303 e. The first kappa shape index (κ1) is 9.21. The third-order valence-corrected chi connectivity index (χ3v) is 1.28. The third-order valence-electron chi connectivity index (χ3n) is 1.07. The van der Waals surface area contributed by atoms with E-state index in [0.717, 1.165) is 12.8 Å². The topological polar surface area (TPSA) is 0 Å². The second-order valence-corrected chi connectivity index (χ2v) is 2.69. The lowest BCUT2D eigenvalue weighted by molar-refractivity contribution is 0.0950. The van der Waals surface area contributed by atoms with Gasteiger partial charge in [0, 0.05) is 6.42 Å². The van der Waals surface area contributed by atoms with Gasteiger partial charge in [0.05, 0.1) is 0 Å². The number of hydrogen-bond acceptors (Lipinski definition) is 0. The van der Waals surface area contributed by atoms with Crippen molar-refractivity contribution in [2.24, 2.45) is 0 Å². The Hall–Kier alpha value is 0.210. The zero-order valence-electron chi connectivity index (χ0n) is 5.49. The van der Waals surface area contributed by atoms with Crippen LogP contribution in [0.1, 0.15) is 32.6 Å². The Morgan fingerprint density at radius 3 is 2.22 bits per heavy atom. The first-order chi connectivity index (χ1) is 4.06. The van der Waals surface area contributed by atoms with Crippen LogP contribution in [0.2, 0.25) is 0 Å². The molecule has 0 heterocycles. The lowest BCUT2D eigenvalue weighted by atomic mass is 10.2. The first-order valence-corrected chi connectivity index (χ1v) is 3.55. The zero-order valence-corrected chi connectivity index (χ0v) is 6.31. The standard InChI is InChI=1S/C6H11F2S/c1-2-3-4-5-6(7,8)9/h2-5H2,1H3. The summed E-state index contributed by atoms with van der Waals surface area (Å²) in [5.74, 6) is 0. The quantitative estimate of drug-likeness (QED) is 0.543. The number of unbranched alkanes of at least 4 members (excludes halogenated alkanes) is 2. The Morgan fingerprint density at radius 1 is 1.33 bits per heavy atom. The maximum absolute atomic E-state index is 11.9. The van der Waals surface area contributed by atoms with E-state index in [1.165, 1.54) is 0 Å². The monoisotopic (exact) mass is 153 g/mol. The molecule has 0 fully saturated rings. The van der Waals surface area contributed by atoms with Gasteiger partial charge in [0.15, 0.2) is 0 Å². The van der Waals surface area contributed by atoms with Crippen LogP contribution in [0.3, 0.4) is 0 Å². The lowest BCUT2D eigenvalue weighted by Gasteiger charge is -2.05. The average Bonchev–Trinajstić information content (AvgIpc) is 1.63. The molecule has 55 valence electrons. The molecule has 0 aliphatic heterocycles. The predicted molar refractivity (Wildman–Crippen MR) is 36.7 cm³/mol. The van der Waals surface area contributed by atoms with Crippen molar-refractivity contribution >= 4 is 12.6 Å². The van der Waals surface area contributed by atoms with Crippen LogP contribution in [0.25, 0.3) is 0 Å². The fraction of sp³-hybridized carbons (Fsp3) is 1.00. The average molecular weight is 153 g/mol. The number of halogens is 2. The summed E-state index contributed by atoms with van der Waals surface area (Å²) in [5, 5.41) is -2.87. The molecule has 0 rings (SSSR count). The van der Waals surface area contributed by atoms with Crippen LogP contribution in [0, 0.1) is 0 Å². The van der Waals surface area contributed by atoms with Gasteiger partial charge in [-0.1, -0.05) is 19.8 Å². The summed E-state index contributed by atoms with van der Waals surface area (Å²) in [7, 11) is 0. The summed E-state index contributed by atoms with van der Waals surface area (Å²) in [6.45, 7) is 1.97. The summed E-state index contributed by atoms with van der Waals surface area (Å²) in [6, 6.07) is 0. The second-order valence-electron chi connectivity index (χ2n) is 2.09. The molecule has 0 aliphatic rings. The molecule has 9 heavy (non-hydrogen) atoms. The highest BCUT2D eigenvalue weighted by molar-refractivity contribution is 7.81. The van der Waals surface area contributed by atoms with E-state index in [4.69, 9.17) is 0 Å². The van der Waals surface area contributed by atoms with Crippen LogP contribution >= 0.6 is 12.6 Å². The van der Waals surface area contributed by atoms with Gasteiger partial charge in [0.1, 0.15) is 0 Å². The Balaban J connectivity index is 3.07. The Labute approximate surface area is 60.1 Å². The normalized spacial score (nSPS) is 12.0. The number of alkyl halides is 2. The minimum atomic E-state index is -2.87. The first-order valence-electron chi connectivity index (χ1n) is 3.14. The molecule has 1 radical (unpaired) electrons. The molecule has 0 aromatic heterocycles. The molecule has 0 spiro atoms. The van der Waals surface area contributed by atoms with Gasteiger partial charge in [-0.05, 0) is 19.0 Å². The fourth-order valence-corrected chi connectivity index (χ4v) is 0.725. The number of rotatable bonds is 4. The minimum absolute atomic E-state index is 0.143. The Morgan fingerprint density at radius 2 is 1.89 bits per heavy atom. The molecule has 0 amide bonds. The molecule has 0 aromatic rings. The second kappa shape index (κ2) is 4.09. The Bertz CT molecular complexity index is 67.9. The lowest BCUT2D eigenvalue weighted by Crippen LogP contribution is -2.04. The van der Waals surface area contributed by atoms with Crippen LogP contribution in [0.15, 0.2) is 0 Å². The summed E-state index contributed by atoms with van der Waals surface area (Å²) < 4.78 is 23.7. The van der Waals surface area contributed by atoms with Gasteiger partial charge in [-0.25, -0.2) is 0 Å². The van der Waals surface area contributed by atoms with Crippen molar-refractivity contribution in [1.82, 2.24) is 0 Å². The van der Waals surface area contributed by atoms with Gasteiger partial charge in [0.25, 0.3) is 0 Å². The summed E-state index contributed by atoms with van der Waals surface area (Å²) in [4.78, 5) is 0. The summed E-state index contributed by atoms with van der Waals surface area (Å²) in [6.07, 6.45) is 2.22. The smallest absolute Gasteiger partial charge is 0.193 e. The van der Waals surface area contributed by atoms with E-state index in [1.54, 1.807) is 0 Å². The molecular weight excluding hydrogens is 142 g/mol. The van der Waals surface area contributed by atoms with Crippen molar-refractivity contribution in [1.29, 1.82) is 0 Å². The van der Waals surface area contributed by atoms with Crippen molar-refractivity contribution in [2.45, 2.75) is 37.9 Å². The van der Waals surface area contributed by atoms with E-state index >= 15 is 0 Å². The molecule has 0 saturated heterocycles. The third kappa shape index (κ3) is 8.21. The van der Waals surface area contributed by atoms with E-state index in [-0.39, 0.29) is 6.42 Å². The van der Waals surface area contributed by atoms with Crippen LogP contribution in [-0.4, -0.2) is 5.25 Å². The SMILES string of the molecule is CCCCCC(F)(F)[S]. The van der Waals surface area contributed by atoms with Crippen molar-refractivity contribution in [3.63, 3.8) is 0 Å². The maximum Gasteiger partial charge on any atom is 0.303 e. The molecule has 0 saturated carbocycles. The van der Waals surface area contributed by atoms with Crippen molar-refractivity contribution in [3.8, 4) is 0 Å². The van der Waals surface area contributed by atoms with Gasteiger partial charge in [-0.3, -0.25) is 0 Å². The predicted octanol–water partition coefficient (Wildman–Crippen LogP) is 3.36. The molecule has 3 heteroatoms. The van der Waals surface area contributed by atoms with Crippen molar-refractivity contribution < 1.29 is 8.78 Å². The van der Waals surface area contributed by atoms with E-state index in [2.05, 4.69) is 12.6 Å². The van der Waals surface area contributed by atoms with E-state index in [0.29, 0.717) is 6.42 Å². The van der Waals surface area contributed by atoms with Crippen LogP contribution in [-0.2, 0) is 0 Å². The summed E-state index contributed by atoms with van der Waals surface area (Å²) >= 11 is 3.86. The zero-order chi connectivity index (χ0) is 7.33. The highest BCUT2D eigenvalue weighted by atomic mass is 32.1. The molecule has 0 N–H and O–H groups in total. The number of hydrogen-bond donors (Lipinski definition) is 0. The summed E-state index contributed by atoms with van der Waals surface area (Å²) in [5.41, 5.74) is 0. The molecular formula is C6H11F2S. The van der Waals surface area contributed by atoms with Gasteiger partial charge in [-0.2, -0.15) is 8.78 Å². The minimum Gasteiger partial charge on any atom is -0.193 e.